The Balaban J connectivity index is 2.11. The van der Waals surface area contributed by atoms with Gasteiger partial charge in [0.15, 0.2) is 0 Å². The summed E-state index contributed by atoms with van der Waals surface area (Å²) in [5.74, 6) is -4.22. The predicted octanol–water partition coefficient (Wildman–Crippen LogP) is 0.192. The molecule has 1 saturated carbocycles. The zero-order chi connectivity index (χ0) is 12.6. The first-order valence-corrected chi connectivity index (χ1v) is 5.47. The van der Waals surface area contributed by atoms with E-state index >= 15 is 0 Å². The van der Waals surface area contributed by atoms with Crippen LogP contribution in [0, 0.1) is 17.8 Å². The van der Waals surface area contributed by atoms with Gasteiger partial charge >= 0.3 is 23.9 Å². The Hall–Kier alpha value is -1.72. The van der Waals surface area contributed by atoms with E-state index in [9.17, 15) is 19.2 Å². The van der Waals surface area contributed by atoms with Crippen LogP contribution in [0.4, 0.5) is 0 Å². The van der Waals surface area contributed by atoms with Crippen LogP contribution in [-0.2, 0) is 28.7 Å². The first-order valence-electron chi connectivity index (χ1n) is 5.47. The molecule has 0 aromatic heterocycles. The molecule has 0 amide bonds. The molecule has 1 aliphatic heterocycles. The highest BCUT2D eigenvalue weighted by molar-refractivity contribution is 5.95. The van der Waals surface area contributed by atoms with E-state index in [-0.39, 0.29) is 5.92 Å². The molecule has 1 saturated heterocycles. The number of hydrogen-bond donors (Lipinski definition) is 0. The lowest BCUT2D eigenvalue weighted by Crippen LogP contribution is -2.45. The van der Waals surface area contributed by atoms with Crippen molar-refractivity contribution >= 4 is 23.9 Å². The van der Waals surface area contributed by atoms with Crippen LogP contribution in [0.3, 0.4) is 0 Å². The second-order valence-corrected chi connectivity index (χ2v) is 4.38. The number of cyclic esters (lactones) is 2. The Morgan fingerprint density at radius 2 is 1.94 bits per heavy atom. The average molecular weight is 240 g/mol. The Morgan fingerprint density at radius 1 is 1.24 bits per heavy atom. The highest BCUT2D eigenvalue weighted by Gasteiger charge is 2.48. The summed E-state index contributed by atoms with van der Waals surface area (Å²) in [6, 6.07) is 0. The minimum atomic E-state index is -0.702. The fourth-order valence-corrected chi connectivity index (χ4v) is 2.40. The number of carbonyl (C=O) groups is 4. The van der Waals surface area contributed by atoms with E-state index in [1.165, 1.54) is 0 Å². The molecule has 6 nitrogen and oxygen atoms in total. The summed E-state index contributed by atoms with van der Waals surface area (Å²) in [6.45, 7) is 1.13. The van der Waals surface area contributed by atoms with Crippen molar-refractivity contribution in [3.8, 4) is 0 Å². The second kappa shape index (κ2) is 4.27. The molecular weight excluding hydrogens is 228 g/mol. The van der Waals surface area contributed by atoms with Gasteiger partial charge in [-0.25, -0.2) is 0 Å². The fourth-order valence-electron chi connectivity index (χ4n) is 2.40. The molecule has 0 spiro atoms. The first kappa shape index (κ1) is 11.8. The zero-order valence-electron chi connectivity index (χ0n) is 9.30. The molecule has 0 radical (unpaired) electrons. The molecule has 92 valence electrons. The third-order valence-corrected chi connectivity index (χ3v) is 3.23. The molecule has 1 heterocycles. The van der Waals surface area contributed by atoms with Gasteiger partial charge in [0.1, 0.15) is 0 Å². The van der Waals surface area contributed by atoms with Gasteiger partial charge in [-0.15, -0.1) is 0 Å². The highest BCUT2D eigenvalue weighted by atomic mass is 16.6. The van der Waals surface area contributed by atoms with Crippen LogP contribution >= 0.6 is 0 Å². The normalized spacial score (nSPS) is 31.7. The lowest BCUT2D eigenvalue weighted by molar-refractivity contribution is -0.183. The van der Waals surface area contributed by atoms with Crippen LogP contribution in [0.25, 0.3) is 0 Å². The molecule has 0 aromatic carbocycles. The zero-order valence-corrected chi connectivity index (χ0v) is 9.30. The van der Waals surface area contributed by atoms with Gasteiger partial charge in [0.2, 0.25) is 0 Å². The molecule has 2 bridgehead atoms. The average Bonchev–Trinajstić information content (AvgIpc) is 2.25. The maximum Gasteiger partial charge on any atom is 0.317 e. The fraction of sp³-hybridized carbons (Fsp3) is 0.636. The van der Waals surface area contributed by atoms with Gasteiger partial charge in [-0.3, -0.25) is 19.2 Å². The van der Waals surface area contributed by atoms with E-state index < -0.39 is 35.7 Å². The topological polar surface area (TPSA) is 86.7 Å². The molecule has 1 aliphatic carbocycles. The molecular formula is C11H12O6. The van der Waals surface area contributed by atoms with Crippen LogP contribution < -0.4 is 0 Å². The Kier molecular flexibility index (Phi) is 2.95. The van der Waals surface area contributed by atoms with Gasteiger partial charge in [-0.05, 0) is 19.3 Å². The number of ether oxygens (including phenoxy) is 2. The van der Waals surface area contributed by atoms with Gasteiger partial charge in [0, 0.05) is 6.92 Å². The molecule has 3 atom stereocenters. The molecule has 3 unspecified atom stereocenters. The Labute approximate surface area is 97.3 Å². The maximum atomic E-state index is 11.6. The van der Waals surface area contributed by atoms with Crippen molar-refractivity contribution in [2.24, 2.45) is 17.8 Å². The van der Waals surface area contributed by atoms with Gasteiger partial charge in [-0.1, -0.05) is 0 Å². The lowest BCUT2D eigenvalue weighted by Gasteiger charge is -2.35. The summed E-state index contributed by atoms with van der Waals surface area (Å²) >= 11 is 0. The van der Waals surface area contributed by atoms with E-state index in [0.29, 0.717) is 19.3 Å². The molecule has 2 rings (SSSR count). The van der Waals surface area contributed by atoms with E-state index in [1.807, 2.05) is 0 Å². The standard InChI is InChI=1S/C11H12O6/c1-5(12)16-10(14)7-3-2-6-4-8(7)11(15)17-9(6)13/h6-8H,2-4H2,1H3. The summed E-state index contributed by atoms with van der Waals surface area (Å²) in [6.07, 6.45) is 1.18. The minimum absolute atomic E-state index is 0.306. The maximum absolute atomic E-state index is 11.6. The first-order chi connectivity index (χ1) is 7.99. The second-order valence-electron chi connectivity index (χ2n) is 4.38. The van der Waals surface area contributed by atoms with Crippen molar-refractivity contribution in [3.05, 3.63) is 0 Å². The summed E-state index contributed by atoms with van der Waals surface area (Å²) in [7, 11) is 0. The van der Waals surface area contributed by atoms with Crippen LogP contribution in [0.15, 0.2) is 0 Å². The number of esters is 4. The van der Waals surface area contributed by atoms with Crippen molar-refractivity contribution < 1.29 is 28.7 Å². The molecule has 6 heteroatoms. The quantitative estimate of drug-likeness (QED) is 0.480. The smallest absolute Gasteiger partial charge is 0.317 e. The molecule has 2 aliphatic rings. The SMILES string of the molecule is CC(=O)OC(=O)C1CCC2CC1C(=O)OC2=O. The van der Waals surface area contributed by atoms with Gasteiger partial charge in [0.25, 0.3) is 0 Å². The summed E-state index contributed by atoms with van der Waals surface area (Å²) < 4.78 is 9.05. The van der Waals surface area contributed by atoms with E-state index in [1.54, 1.807) is 0 Å². The third kappa shape index (κ3) is 2.20. The van der Waals surface area contributed by atoms with Gasteiger partial charge in [-0.2, -0.15) is 0 Å². The van der Waals surface area contributed by atoms with E-state index in [2.05, 4.69) is 9.47 Å². The van der Waals surface area contributed by atoms with Crippen molar-refractivity contribution in [1.29, 1.82) is 0 Å². The van der Waals surface area contributed by atoms with Gasteiger partial charge < -0.3 is 9.47 Å². The minimum Gasteiger partial charge on any atom is -0.393 e. The third-order valence-electron chi connectivity index (χ3n) is 3.23. The lowest BCUT2D eigenvalue weighted by atomic mass is 9.72. The van der Waals surface area contributed by atoms with Crippen molar-refractivity contribution in [3.63, 3.8) is 0 Å². The Morgan fingerprint density at radius 3 is 2.59 bits per heavy atom. The monoisotopic (exact) mass is 240 g/mol. The summed E-state index contributed by atoms with van der Waals surface area (Å²) in [4.78, 5) is 45.0. The molecule has 17 heavy (non-hydrogen) atoms. The van der Waals surface area contributed by atoms with E-state index in [4.69, 9.17) is 0 Å². The van der Waals surface area contributed by atoms with Gasteiger partial charge in [0.05, 0.1) is 17.8 Å². The Bertz CT molecular complexity index is 399. The molecule has 0 aromatic rings. The number of fused-ring (bicyclic) bond motifs is 2. The van der Waals surface area contributed by atoms with Crippen molar-refractivity contribution in [1.82, 2.24) is 0 Å². The van der Waals surface area contributed by atoms with Crippen LogP contribution in [0.2, 0.25) is 0 Å². The predicted molar refractivity (Wildman–Crippen MR) is 52.2 cm³/mol. The number of carbonyl (C=O) groups excluding carboxylic acids is 4. The van der Waals surface area contributed by atoms with Crippen molar-refractivity contribution in [2.45, 2.75) is 26.2 Å². The van der Waals surface area contributed by atoms with Crippen LogP contribution in [0.5, 0.6) is 0 Å². The van der Waals surface area contributed by atoms with Crippen LogP contribution in [0.1, 0.15) is 26.2 Å². The van der Waals surface area contributed by atoms with Crippen LogP contribution in [-0.4, -0.2) is 23.9 Å². The summed E-state index contributed by atoms with van der Waals surface area (Å²) in [5, 5.41) is 0. The number of hydrogen-bond acceptors (Lipinski definition) is 6. The highest BCUT2D eigenvalue weighted by Crippen LogP contribution is 2.39. The van der Waals surface area contributed by atoms with Crippen molar-refractivity contribution in [2.75, 3.05) is 0 Å². The van der Waals surface area contributed by atoms with E-state index in [0.717, 1.165) is 6.92 Å². The summed E-state index contributed by atoms with van der Waals surface area (Å²) in [5.41, 5.74) is 0. The molecule has 0 N–H and O–H groups in total. The number of rotatable bonds is 1. The molecule has 2 fully saturated rings. The largest absolute Gasteiger partial charge is 0.393 e.